The number of benzene rings is 1. The van der Waals surface area contributed by atoms with Crippen LogP contribution in [0.25, 0.3) is 0 Å². The molecule has 0 aliphatic rings. The molecule has 7 nitrogen and oxygen atoms in total. The Morgan fingerprint density at radius 3 is 2.50 bits per heavy atom. The number of rotatable bonds is 12. The van der Waals surface area contributed by atoms with Gasteiger partial charge in [-0.05, 0) is 38.8 Å². The summed E-state index contributed by atoms with van der Waals surface area (Å²) >= 11 is 4.25. The molecule has 8 heteroatoms. The molecule has 3 amide bonds. The number of carbonyl (C=O) groups excluding carboxylic acids is 3. The molecule has 34 heavy (non-hydrogen) atoms. The summed E-state index contributed by atoms with van der Waals surface area (Å²) < 4.78 is 5.28. The van der Waals surface area contributed by atoms with Gasteiger partial charge in [-0.1, -0.05) is 50.0 Å². The van der Waals surface area contributed by atoms with Crippen LogP contribution < -0.4 is 10.6 Å². The van der Waals surface area contributed by atoms with Gasteiger partial charge in [0.05, 0.1) is 0 Å². The topological polar surface area (TPSA) is 87.7 Å². The van der Waals surface area contributed by atoms with E-state index in [0.29, 0.717) is 17.7 Å². The van der Waals surface area contributed by atoms with Crippen LogP contribution in [0.3, 0.4) is 0 Å². The van der Waals surface area contributed by atoms with Crippen LogP contribution in [0.2, 0.25) is 0 Å². The standard InChI is InChI=1S/C26H37N3O4S/c1-7-10-13-16-27-23(30)22(20-15-12-11-14-19(20)9-3)29(17-8-2)24(31)21(18-34)28-25(32)33-26(4,5)6/h3,8,11-12,14-15,21-22,34H,2,7,10,13,16-18H2,1,4-6H3,(H,27,30)(H,28,32). The molecule has 0 saturated carbocycles. The molecule has 0 bridgehead atoms. The Morgan fingerprint density at radius 1 is 1.26 bits per heavy atom. The number of ether oxygens (including phenoxy) is 1. The quantitative estimate of drug-likeness (QED) is 0.181. The molecule has 0 fully saturated rings. The molecule has 2 unspecified atom stereocenters. The Morgan fingerprint density at radius 2 is 1.94 bits per heavy atom. The van der Waals surface area contributed by atoms with Gasteiger partial charge in [0.1, 0.15) is 17.7 Å². The van der Waals surface area contributed by atoms with E-state index >= 15 is 0 Å². The highest BCUT2D eigenvalue weighted by Gasteiger charge is 2.36. The van der Waals surface area contributed by atoms with Crippen LogP contribution in [0.4, 0.5) is 4.79 Å². The summed E-state index contributed by atoms with van der Waals surface area (Å²) in [6.07, 6.45) is 9.28. The van der Waals surface area contributed by atoms with Gasteiger partial charge in [0, 0.05) is 24.4 Å². The summed E-state index contributed by atoms with van der Waals surface area (Å²) in [5.74, 6) is 1.75. The van der Waals surface area contributed by atoms with Gasteiger partial charge in [0.25, 0.3) is 0 Å². The van der Waals surface area contributed by atoms with Crippen molar-refractivity contribution in [3.63, 3.8) is 0 Å². The van der Waals surface area contributed by atoms with Crippen molar-refractivity contribution in [3.8, 4) is 12.3 Å². The van der Waals surface area contributed by atoms with E-state index in [0.717, 1.165) is 19.3 Å². The van der Waals surface area contributed by atoms with Crippen LogP contribution in [0.1, 0.15) is 64.1 Å². The number of amides is 3. The lowest BCUT2D eigenvalue weighted by molar-refractivity contribution is -0.141. The minimum absolute atomic E-state index is 0.00729. The summed E-state index contributed by atoms with van der Waals surface area (Å²) in [7, 11) is 0. The fraction of sp³-hybridized carbons (Fsp3) is 0.500. The average Bonchev–Trinajstić information content (AvgIpc) is 2.78. The van der Waals surface area contributed by atoms with Crippen molar-refractivity contribution < 1.29 is 19.1 Å². The average molecular weight is 488 g/mol. The van der Waals surface area contributed by atoms with E-state index in [9.17, 15) is 14.4 Å². The molecule has 0 aliphatic heterocycles. The Labute approximate surface area is 209 Å². The third-order valence-corrected chi connectivity index (χ3v) is 5.20. The monoisotopic (exact) mass is 487 g/mol. The Kier molecular flexibility index (Phi) is 12.3. The zero-order chi connectivity index (χ0) is 25.7. The second kappa shape index (κ2) is 14.4. The SMILES string of the molecule is C#Cc1ccccc1C(C(=O)NCCCCC)N(CC=C)C(=O)C(CS)NC(=O)OC(C)(C)C. The van der Waals surface area contributed by atoms with Crippen LogP contribution in [0.15, 0.2) is 36.9 Å². The molecule has 2 N–H and O–H groups in total. The number of hydrogen-bond donors (Lipinski definition) is 3. The van der Waals surface area contributed by atoms with Gasteiger partial charge >= 0.3 is 6.09 Å². The molecule has 186 valence electrons. The maximum Gasteiger partial charge on any atom is 0.408 e. The summed E-state index contributed by atoms with van der Waals surface area (Å²) in [4.78, 5) is 40.6. The summed E-state index contributed by atoms with van der Waals surface area (Å²) in [5.41, 5.74) is 0.283. The zero-order valence-electron chi connectivity index (χ0n) is 20.6. The molecule has 0 radical (unpaired) electrons. The normalized spacial score (nSPS) is 12.6. The van der Waals surface area contributed by atoms with Crippen LogP contribution in [-0.2, 0) is 14.3 Å². The van der Waals surface area contributed by atoms with E-state index in [2.05, 4.69) is 42.7 Å². The molecule has 0 saturated heterocycles. The number of unbranched alkanes of at least 4 members (excludes halogenated alkanes) is 2. The lowest BCUT2D eigenvalue weighted by Gasteiger charge is -2.34. The van der Waals surface area contributed by atoms with E-state index in [4.69, 9.17) is 11.2 Å². The smallest absolute Gasteiger partial charge is 0.408 e. The zero-order valence-corrected chi connectivity index (χ0v) is 21.5. The number of nitrogens with zero attached hydrogens (tertiary/aromatic N) is 1. The minimum Gasteiger partial charge on any atom is -0.444 e. The maximum atomic E-state index is 13.6. The van der Waals surface area contributed by atoms with E-state index in [1.165, 1.54) is 11.0 Å². The molecule has 1 aromatic rings. The summed E-state index contributed by atoms with van der Waals surface area (Å²) in [6.45, 7) is 11.5. The van der Waals surface area contributed by atoms with Crippen molar-refractivity contribution in [3.05, 3.63) is 48.0 Å². The van der Waals surface area contributed by atoms with Gasteiger partial charge in [-0.2, -0.15) is 12.6 Å². The Hall–Kier alpha value is -2.92. The largest absolute Gasteiger partial charge is 0.444 e. The van der Waals surface area contributed by atoms with Gasteiger partial charge in [0.15, 0.2) is 0 Å². The van der Waals surface area contributed by atoms with Crippen molar-refractivity contribution in [1.82, 2.24) is 15.5 Å². The summed E-state index contributed by atoms with van der Waals surface area (Å²) in [6, 6.07) is 4.95. The van der Waals surface area contributed by atoms with Crippen LogP contribution in [0.5, 0.6) is 0 Å². The van der Waals surface area contributed by atoms with Crippen molar-refractivity contribution in [1.29, 1.82) is 0 Å². The van der Waals surface area contributed by atoms with E-state index in [1.54, 1.807) is 45.0 Å². The number of nitrogens with one attached hydrogen (secondary N) is 2. The molecule has 0 spiro atoms. The molecule has 0 aromatic heterocycles. The minimum atomic E-state index is -1.02. The molecule has 1 rings (SSSR count). The first kappa shape index (κ1) is 29.1. The molecular formula is C26H37N3O4S. The lowest BCUT2D eigenvalue weighted by Crippen LogP contribution is -2.54. The van der Waals surface area contributed by atoms with Crippen molar-refractivity contribution in [2.75, 3.05) is 18.8 Å². The highest BCUT2D eigenvalue weighted by atomic mass is 32.1. The van der Waals surface area contributed by atoms with E-state index < -0.39 is 29.7 Å². The first-order valence-corrected chi connectivity index (χ1v) is 12.1. The fourth-order valence-electron chi connectivity index (χ4n) is 3.30. The molecule has 0 heterocycles. The van der Waals surface area contributed by atoms with Crippen LogP contribution in [0, 0.1) is 12.3 Å². The molecule has 0 aliphatic carbocycles. The van der Waals surface area contributed by atoms with Gasteiger partial charge in [-0.3, -0.25) is 9.59 Å². The maximum absolute atomic E-state index is 13.6. The highest BCUT2D eigenvalue weighted by Crippen LogP contribution is 2.26. The highest BCUT2D eigenvalue weighted by molar-refractivity contribution is 7.80. The van der Waals surface area contributed by atoms with E-state index in [1.807, 2.05) is 0 Å². The number of thiol groups is 1. The second-order valence-electron chi connectivity index (χ2n) is 8.79. The third kappa shape index (κ3) is 9.14. The number of carbonyl (C=O) groups is 3. The molecule has 1 aromatic carbocycles. The second-order valence-corrected chi connectivity index (χ2v) is 9.16. The van der Waals surface area contributed by atoms with Crippen molar-refractivity contribution in [2.45, 2.75) is 64.6 Å². The molecular weight excluding hydrogens is 450 g/mol. The lowest BCUT2D eigenvalue weighted by atomic mass is 9.97. The number of terminal acetylenes is 1. The van der Waals surface area contributed by atoms with Crippen LogP contribution in [-0.4, -0.2) is 53.3 Å². The molecule has 2 atom stereocenters. The van der Waals surface area contributed by atoms with Crippen molar-refractivity contribution in [2.24, 2.45) is 0 Å². The Bertz CT molecular complexity index is 889. The van der Waals surface area contributed by atoms with Gasteiger partial charge in [0.2, 0.25) is 11.8 Å². The number of alkyl carbamates (subject to hydrolysis) is 1. The van der Waals surface area contributed by atoms with Crippen molar-refractivity contribution >= 4 is 30.5 Å². The number of hydrogen-bond acceptors (Lipinski definition) is 5. The van der Waals surface area contributed by atoms with Gasteiger partial charge in [-0.15, -0.1) is 13.0 Å². The van der Waals surface area contributed by atoms with Crippen LogP contribution >= 0.6 is 12.6 Å². The third-order valence-electron chi connectivity index (χ3n) is 4.83. The predicted octanol–water partition coefficient (Wildman–Crippen LogP) is 3.85. The van der Waals surface area contributed by atoms with E-state index in [-0.39, 0.29) is 18.2 Å². The van der Waals surface area contributed by atoms with Gasteiger partial charge < -0.3 is 20.3 Å². The van der Waals surface area contributed by atoms with Gasteiger partial charge in [-0.25, -0.2) is 4.79 Å². The predicted molar refractivity (Wildman–Crippen MR) is 139 cm³/mol. The summed E-state index contributed by atoms with van der Waals surface area (Å²) in [5, 5.41) is 5.48. The fourth-order valence-corrected chi connectivity index (χ4v) is 3.55. The Balaban J connectivity index is 3.35. The first-order chi connectivity index (χ1) is 16.1. The first-order valence-electron chi connectivity index (χ1n) is 11.4.